The van der Waals surface area contributed by atoms with Crippen molar-refractivity contribution >= 4 is 45.6 Å². The number of hydrogen-bond donors (Lipinski definition) is 1. The molecule has 2 heterocycles. The molecule has 0 atom stereocenters. The Hall–Kier alpha value is -3.13. The third-order valence-electron chi connectivity index (χ3n) is 4.32. The monoisotopic (exact) mass is 382 g/mol. The number of aryl methyl sites for hydroxylation is 2. The van der Waals surface area contributed by atoms with Crippen LogP contribution < -0.4 is 11.0 Å². The fourth-order valence-electron chi connectivity index (χ4n) is 2.92. The van der Waals surface area contributed by atoms with Gasteiger partial charge < -0.3 is 5.32 Å². The van der Waals surface area contributed by atoms with Crippen LogP contribution >= 0.6 is 11.8 Å². The number of hydrogen-bond acceptors (Lipinski definition) is 4. The molecular weight excluding hydrogens is 367 g/mol. The Morgan fingerprint density at radius 1 is 1.04 bits per heavy atom. The molecule has 1 aliphatic heterocycles. The van der Waals surface area contributed by atoms with Crippen LogP contribution in [0.3, 0.4) is 0 Å². The van der Waals surface area contributed by atoms with E-state index in [0.717, 1.165) is 28.4 Å². The standard InChI is InChI=1S/C19H15FN4O2S/c1-23-14-8-3-11(9-15(14)24(2)19(23)26)10-16-17(22-18(25)27-16)21-13-6-4-12(20)5-7-13/h3-10H,1-2H3,(H,21,22,25)/b16-10-. The van der Waals surface area contributed by atoms with Crippen molar-refractivity contribution in [1.82, 2.24) is 14.5 Å². The van der Waals surface area contributed by atoms with Crippen molar-refractivity contribution in [2.75, 3.05) is 0 Å². The van der Waals surface area contributed by atoms with E-state index in [1.54, 1.807) is 35.4 Å². The second kappa shape index (κ2) is 6.55. The first-order chi connectivity index (χ1) is 12.9. The van der Waals surface area contributed by atoms with Gasteiger partial charge in [-0.1, -0.05) is 6.07 Å². The summed E-state index contributed by atoms with van der Waals surface area (Å²) in [5.74, 6) is 0.0694. The molecule has 136 valence electrons. The zero-order valence-corrected chi connectivity index (χ0v) is 15.4. The molecule has 0 bridgehead atoms. The smallest absolute Gasteiger partial charge is 0.300 e. The van der Waals surface area contributed by atoms with Gasteiger partial charge in [-0.3, -0.25) is 13.9 Å². The van der Waals surface area contributed by atoms with Gasteiger partial charge >= 0.3 is 5.69 Å². The minimum Gasteiger partial charge on any atom is -0.300 e. The van der Waals surface area contributed by atoms with E-state index in [2.05, 4.69) is 10.3 Å². The zero-order valence-electron chi connectivity index (χ0n) is 14.6. The number of carbonyl (C=O) groups excluding carboxylic acids is 1. The highest BCUT2D eigenvalue weighted by molar-refractivity contribution is 8.18. The van der Waals surface area contributed by atoms with Gasteiger partial charge in [0, 0.05) is 14.1 Å². The first kappa shape index (κ1) is 17.3. The van der Waals surface area contributed by atoms with Crippen LogP contribution in [-0.4, -0.2) is 20.2 Å². The van der Waals surface area contributed by atoms with Gasteiger partial charge in [-0.25, -0.2) is 14.2 Å². The van der Waals surface area contributed by atoms with Crippen molar-refractivity contribution < 1.29 is 9.18 Å². The van der Waals surface area contributed by atoms with Crippen LogP contribution in [0, 0.1) is 5.82 Å². The summed E-state index contributed by atoms with van der Waals surface area (Å²) >= 11 is 1.04. The minimum atomic E-state index is -0.346. The highest BCUT2D eigenvalue weighted by atomic mass is 32.2. The molecule has 1 aliphatic rings. The van der Waals surface area contributed by atoms with E-state index in [0.29, 0.717) is 16.4 Å². The zero-order chi connectivity index (χ0) is 19.1. The number of amides is 1. The number of aromatic nitrogens is 2. The molecule has 3 aromatic rings. The molecule has 8 heteroatoms. The van der Waals surface area contributed by atoms with Gasteiger partial charge in [-0.2, -0.15) is 0 Å². The Balaban J connectivity index is 1.76. The Morgan fingerprint density at radius 2 is 1.74 bits per heavy atom. The molecule has 1 saturated heterocycles. The lowest BCUT2D eigenvalue weighted by Gasteiger charge is -2.01. The Kier molecular flexibility index (Phi) is 4.19. The van der Waals surface area contributed by atoms with E-state index in [9.17, 15) is 14.0 Å². The van der Waals surface area contributed by atoms with E-state index in [1.807, 2.05) is 24.3 Å². The predicted molar refractivity (Wildman–Crippen MR) is 106 cm³/mol. The van der Waals surface area contributed by atoms with Crippen LogP contribution in [-0.2, 0) is 14.1 Å². The van der Waals surface area contributed by atoms with Crippen molar-refractivity contribution in [1.29, 1.82) is 0 Å². The van der Waals surface area contributed by atoms with Crippen LogP contribution in [0.5, 0.6) is 0 Å². The molecule has 1 fully saturated rings. The lowest BCUT2D eigenvalue weighted by atomic mass is 10.2. The number of carbonyl (C=O) groups is 1. The molecule has 6 nitrogen and oxygen atoms in total. The lowest BCUT2D eigenvalue weighted by Crippen LogP contribution is -2.19. The molecule has 27 heavy (non-hydrogen) atoms. The summed E-state index contributed by atoms with van der Waals surface area (Å²) in [7, 11) is 3.45. The first-order valence-electron chi connectivity index (χ1n) is 8.13. The molecule has 0 spiro atoms. The van der Waals surface area contributed by atoms with Crippen LogP contribution in [0.1, 0.15) is 5.56 Å². The molecule has 0 unspecified atom stereocenters. The van der Waals surface area contributed by atoms with Gasteiger partial charge in [0.2, 0.25) is 0 Å². The van der Waals surface area contributed by atoms with Gasteiger partial charge in [-0.15, -0.1) is 0 Å². The van der Waals surface area contributed by atoms with Gasteiger partial charge in [0.15, 0.2) is 0 Å². The Labute approximate surface area is 158 Å². The number of rotatable bonds is 2. The second-order valence-corrected chi connectivity index (χ2v) is 7.12. The highest BCUT2D eigenvalue weighted by Gasteiger charge is 2.23. The van der Waals surface area contributed by atoms with E-state index < -0.39 is 0 Å². The summed E-state index contributed by atoms with van der Waals surface area (Å²) in [6, 6.07) is 11.4. The molecule has 4 rings (SSSR count). The second-order valence-electron chi connectivity index (χ2n) is 6.11. The van der Waals surface area contributed by atoms with Gasteiger partial charge in [0.1, 0.15) is 11.7 Å². The maximum atomic E-state index is 13.1. The van der Waals surface area contributed by atoms with Crippen LogP contribution in [0.15, 0.2) is 57.2 Å². The number of halogens is 1. The third-order valence-corrected chi connectivity index (χ3v) is 5.14. The average Bonchev–Trinajstić information content (AvgIpc) is 3.09. The number of amidine groups is 1. The van der Waals surface area contributed by atoms with E-state index in [4.69, 9.17) is 0 Å². The van der Waals surface area contributed by atoms with Crippen molar-refractivity contribution in [3.8, 4) is 0 Å². The molecular formula is C19H15FN4O2S. The maximum Gasteiger partial charge on any atom is 0.328 e. The van der Waals surface area contributed by atoms with Crippen molar-refractivity contribution in [3.05, 3.63) is 69.2 Å². The van der Waals surface area contributed by atoms with Crippen LogP contribution in [0.25, 0.3) is 17.1 Å². The Morgan fingerprint density at radius 3 is 2.48 bits per heavy atom. The van der Waals surface area contributed by atoms with Crippen molar-refractivity contribution in [2.24, 2.45) is 19.1 Å². The number of aliphatic imine (C=N–C) groups is 1. The number of fused-ring (bicyclic) bond motifs is 1. The van der Waals surface area contributed by atoms with Crippen molar-refractivity contribution in [2.45, 2.75) is 0 Å². The number of benzene rings is 2. The van der Waals surface area contributed by atoms with Gasteiger partial charge in [0.05, 0.1) is 21.6 Å². The summed E-state index contributed by atoms with van der Waals surface area (Å²) in [6.45, 7) is 0. The highest BCUT2D eigenvalue weighted by Crippen LogP contribution is 2.29. The summed E-state index contributed by atoms with van der Waals surface area (Å²) in [5, 5.41) is 2.48. The molecule has 0 radical (unpaired) electrons. The molecule has 1 aromatic heterocycles. The van der Waals surface area contributed by atoms with Crippen molar-refractivity contribution in [3.63, 3.8) is 0 Å². The summed E-state index contributed by atoms with van der Waals surface area (Å²) in [6.07, 6.45) is 1.84. The molecule has 0 aliphatic carbocycles. The van der Waals surface area contributed by atoms with Crippen LogP contribution in [0.4, 0.5) is 14.9 Å². The molecule has 0 saturated carbocycles. The number of imidazole rings is 1. The number of nitrogens with zero attached hydrogens (tertiary/aromatic N) is 3. The fraction of sp³-hybridized carbons (Fsp3) is 0.105. The fourth-order valence-corrected chi connectivity index (χ4v) is 3.66. The normalized spacial score (nSPS) is 17.2. The van der Waals surface area contributed by atoms with E-state index in [-0.39, 0.29) is 16.7 Å². The molecule has 1 amide bonds. The minimum absolute atomic E-state index is 0.0968. The van der Waals surface area contributed by atoms with E-state index >= 15 is 0 Å². The average molecular weight is 382 g/mol. The summed E-state index contributed by atoms with van der Waals surface area (Å²) in [5.41, 5.74) is 2.92. The number of thioether (sulfide) groups is 1. The Bertz CT molecular complexity index is 1190. The topological polar surface area (TPSA) is 68.4 Å². The van der Waals surface area contributed by atoms with Gasteiger partial charge in [0.25, 0.3) is 5.24 Å². The van der Waals surface area contributed by atoms with E-state index in [1.165, 1.54) is 12.1 Å². The molecule has 1 N–H and O–H groups in total. The summed E-state index contributed by atoms with van der Waals surface area (Å²) in [4.78, 5) is 29.0. The quantitative estimate of drug-likeness (QED) is 0.737. The van der Waals surface area contributed by atoms with Crippen LogP contribution in [0.2, 0.25) is 0 Å². The lowest BCUT2D eigenvalue weighted by molar-refractivity contribution is 0.265. The summed E-state index contributed by atoms with van der Waals surface area (Å²) < 4.78 is 16.2. The number of nitrogens with one attached hydrogen (secondary N) is 1. The predicted octanol–water partition coefficient (Wildman–Crippen LogP) is 3.54. The van der Waals surface area contributed by atoms with Gasteiger partial charge in [-0.05, 0) is 59.8 Å². The SMILES string of the molecule is Cn1c(=O)n(C)c2cc(/C=C3\SC(=O)NC3=Nc3ccc(F)cc3)ccc21. The maximum absolute atomic E-state index is 13.1. The molecule has 2 aromatic carbocycles. The third kappa shape index (κ3) is 3.19. The first-order valence-corrected chi connectivity index (χ1v) is 8.94. The largest absolute Gasteiger partial charge is 0.328 e.